The zero-order valence-corrected chi connectivity index (χ0v) is 19.2. The molecule has 1 aliphatic rings. The fourth-order valence-corrected chi connectivity index (χ4v) is 3.91. The van der Waals surface area contributed by atoms with Crippen LogP contribution in [-0.2, 0) is 17.6 Å². The molecule has 0 radical (unpaired) electrons. The minimum atomic E-state index is -0.715. The van der Waals surface area contributed by atoms with Crippen molar-refractivity contribution in [3.63, 3.8) is 0 Å². The van der Waals surface area contributed by atoms with E-state index in [0.717, 1.165) is 29.0 Å². The van der Waals surface area contributed by atoms with Crippen molar-refractivity contribution in [1.29, 1.82) is 0 Å². The number of benzene rings is 3. The Balaban J connectivity index is 1.38. The van der Waals surface area contributed by atoms with Crippen molar-refractivity contribution in [2.24, 2.45) is 0 Å². The van der Waals surface area contributed by atoms with Gasteiger partial charge in [-0.05, 0) is 41.5 Å². The van der Waals surface area contributed by atoms with Crippen LogP contribution in [0.25, 0.3) is 0 Å². The van der Waals surface area contributed by atoms with Crippen LogP contribution in [0.1, 0.15) is 21.5 Å². The molecule has 4 rings (SSSR count). The number of ether oxygens (including phenoxy) is 2. The highest BCUT2D eigenvalue weighted by Crippen LogP contribution is 2.29. The second-order valence-electron chi connectivity index (χ2n) is 8.05. The minimum Gasteiger partial charge on any atom is -0.497 e. The van der Waals surface area contributed by atoms with Crippen LogP contribution in [-0.4, -0.2) is 44.7 Å². The first-order valence-corrected chi connectivity index (χ1v) is 11.4. The van der Waals surface area contributed by atoms with Crippen molar-refractivity contribution >= 4 is 17.5 Å². The summed E-state index contributed by atoms with van der Waals surface area (Å²) in [7, 11) is 1.63. The van der Waals surface area contributed by atoms with Crippen LogP contribution >= 0.6 is 0 Å². The summed E-state index contributed by atoms with van der Waals surface area (Å²) in [4.78, 5) is 26.1. The molecule has 7 heteroatoms. The Labute approximate surface area is 199 Å². The number of carbonyl (C=O) groups excluding carboxylic acids is 2. The molecule has 1 atom stereocenters. The predicted molar refractivity (Wildman–Crippen MR) is 132 cm³/mol. The maximum Gasteiger partial charge on any atom is 0.255 e. The van der Waals surface area contributed by atoms with Gasteiger partial charge in [-0.3, -0.25) is 9.59 Å². The van der Waals surface area contributed by atoms with Crippen LogP contribution in [0.4, 0.5) is 5.69 Å². The monoisotopic (exact) mass is 459 g/mol. The number of anilines is 1. The molecule has 3 aromatic rings. The van der Waals surface area contributed by atoms with Crippen LogP contribution in [0.3, 0.4) is 0 Å². The number of hydrogen-bond acceptors (Lipinski definition) is 5. The number of fused-ring (bicyclic) bond motifs is 1. The lowest BCUT2D eigenvalue weighted by Gasteiger charge is -2.20. The van der Waals surface area contributed by atoms with Gasteiger partial charge in [-0.25, -0.2) is 0 Å². The molecule has 0 bridgehead atoms. The van der Waals surface area contributed by atoms with E-state index in [0.29, 0.717) is 37.4 Å². The number of rotatable bonds is 10. The smallest absolute Gasteiger partial charge is 0.255 e. The molecule has 1 heterocycles. The van der Waals surface area contributed by atoms with Gasteiger partial charge in [0.25, 0.3) is 5.91 Å². The van der Waals surface area contributed by atoms with E-state index >= 15 is 0 Å². The Morgan fingerprint density at radius 2 is 1.76 bits per heavy atom. The highest BCUT2D eigenvalue weighted by molar-refractivity contribution is 6.00. The van der Waals surface area contributed by atoms with E-state index in [-0.39, 0.29) is 11.8 Å². The molecule has 2 amide bonds. The van der Waals surface area contributed by atoms with Crippen LogP contribution in [0.15, 0.2) is 72.8 Å². The van der Waals surface area contributed by atoms with E-state index in [4.69, 9.17) is 9.47 Å². The zero-order chi connectivity index (χ0) is 23.8. The van der Waals surface area contributed by atoms with Gasteiger partial charge in [0, 0.05) is 31.6 Å². The summed E-state index contributed by atoms with van der Waals surface area (Å²) >= 11 is 0. The lowest BCUT2D eigenvalue weighted by molar-refractivity contribution is -0.122. The number of amides is 2. The van der Waals surface area contributed by atoms with E-state index in [1.165, 1.54) is 0 Å². The number of carbonyl (C=O) groups is 2. The molecule has 0 aromatic heterocycles. The molecular formula is C27H29N3O4. The zero-order valence-electron chi connectivity index (χ0n) is 19.2. The molecule has 1 aliphatic heterocycles. The van der Waals surface area contributed by atoms with Gasteiger partial charge in [0.15, 0.2) is 0 Å². The molecule has 0 unspecified atom stereocenters. The summed E-state index contributed by atoms with van der Waals surface area (Å²) in [6, 6.07) is 22.1. The van der Waals surface area contributed by atoms with Crippen molar-refractivity contribution in [2.45, 2.75) is 18.9 Å². The lowest BCUT2D eigenvalue weighted by atomic mass is 10.0. The molecule has 3 N–H and O–H groups in total. The van der Waals surface area contributed by atoms with E-state index in [1.807, 2.05) is 66.7 Å². The number of para-hydroxylation sites is 1. The Hall–Kier alpha value is -4.00. The largest absolute Gasteiger partial charge is 0.497 e. The highest BCUT2D eigenvalue weighted by atomic mass is 16.5. The van der Waals surface area contributed by atoms with Gasteiger partial charge in [0.1, 0.15) is 17.5 Å². The molecule has 7 nitrogen and oxygen atoms in total. The summed E-state index contributed by atoms with van der Waals surface area (Å²) in [6.45, 7) is 1.52. The van der Waals surface area contributed by atoms with Gasteiger partial charge in [0.05, 0.1) is 19.3 Å². The summed E-state index contributed by atoms with van der Waals surface area (Å²) < 4.78 is 10.8. The summed E-state index contributed by atoms with van der Waals surface area (Å²) in [5.74, 6) is 0.851. The van der Waals surface area contributed by atoms with Gasteiger partial charge >= 0.3 is 0 Å². The predicted octanol–water partition coefficient (Wildman–Crippen LogP) is 3.20. The fourth-order valence-electron chi connectivity index (χ4n) is 3.91. The fraction of sp³-hybridized carbons (Fsp3) is 0.259. The van der Waals surface area contributed by atoms with Crippen molar-refractivity contribution in [3.8, 4) is 11.5 Å². The van der Waals surface area contributed by atoms with Crippen LogP contribution < -0.4 is 25.4 Å². The number of nitrogens with one attached hydrogen (secondary N) is 3. The topological polar surface area (TPSA) is 88.7 Å². The Kier molecular flexibility index (Phi) is 7.65. The molecule has 0 spiro atoms. The maximum atomic E-state index is 13.1. The minimum absolute atomic E-state index is 0.234. The first-order chi connectivity index (χ1) is 16.6. The molecule has 176 valence electrons. The van der Waals surface area contributed by atoms with Crippen LogP contribution in [0.5, 0.6) is 11.5 Å². The summed E-state index contributed by atoms with van der Waals surface area (Å²) in [5.41, 5.74) is 3.37. The third kappa shape index (κ3) is 5.86. The van der Waals surface area contributed by atoms with E-state index in [9.17, 15) is 9.59 Å². The summed E-state index contributed by atoms with van der Waals surface area (Å²) in [5, 5.41) is 9.11. The third-order valence-corrected chi connectivity index (χ3v) is 5.71. The number of hydrogen-bond donors (Lipinski definition) is 3. The molecular weight excluding hydrogens is 430 g/mol. The van der Waals surface area contributed by atoms with E-state index in [2.05, 4.69) is 16.0 Å². The lowest BCUT2D eigenvalue weighted by Crippen LogP contribution is -2.48. The van der Waals surface area contributed by atoms with Crippen LogP contribution in [0.2, 0.25) is 0 Å². The van der Waals surface area contributed by atoms with Crippen molar-refractivity contribution in [3.05, 3.63) is 89.5 Å². The highest BCUT2D eigenvalue weighted by Gasteiger charge is 2.25. The van der Waals surface area contributed by atoms with Crippen LogP contribution in [0, 0.1) is 0 Å². The van der Waals surface area contributed by atoms with Gasteiger partial charge < -0.3 is 25.4 Å². The standard InChI is InChI=1S/C27H29N3O4/c1-33-22-12-10-21(11-13-22)28-15-16-29-27(32)24(18-19-6-3-2-4-7-19)30-26(31)23-9-5-8-20-14-17-34-25(20)23/h2-13,24,28H,14-18H2,1H3,(H,29,32)(H,30,31)/t24-/m0/s1. The molecule has 0 saturated heterocycles. The Morgan fingerprint density at radius 3 is 2.53 bits per heavy atom. The van der Waals surface area contributed by atoms with Gasteiger partial charge in [0.2, 0.25) is 5.91 Å². The van der Waals surface area contributed by atoms with Crippen molar-refractivity contribution in [1.82, 2.24) is 10.6 Å². The van der Waals surface area contributed by atoms with Gasteiger partial charge in [-0.2, -0.15) is 0 Å². The Bertz CT molecular complexity index is 1120. The molecule has 3 aromatic carbocycles. The third-order valence-electron chi connectivity index (χ3n) is 5.71. The van der Waals surface area contributed by atoms with Crippen molar-refractivity contribution < 1.29 is 19.1 Å². The number of methoxy groups -OCH3 is 1. The molecule has 34 heavy (non-hydrogen) atoms. The average Bonchev–Trinajstić information content (AvgIpc) is 3.36. The maximum absolute atomic E-state index is 13.1. The molecule has 0 fully saturated rings. The SMILES string of the molecule is COc1ccc(NCCNC(=O)[C@H](Cc2ccccc2)NC(=O)c2cccc3c2OCC3)cc1. The summed E-state index contributed by atoms with van der Waals surface area (Å²) in [6.07, 6.45) is 1.17. The quantitative estimate of drug-likeness (QED) is 0.405. The van der Waals surface area contributed by atoms with E-state index in [1.54, 1.807) is 13.2 Å². The first kappa shape index (κ1) is 23.2. The molecule has 0 aliphatic carbocycles. The van der Waals surface area contributed by atoms with Gasteiger partial charge in [-0.1, -0.05) is 42.5 Å². The second kappa shape index (κ2) is 11.2. The van der Waals surface area contributed by atoms with E-state index < -0.39 is 6.04 Å². The second-order valence-corrected chi connectivity index (χ2v) is 8.05. The first-order valence-electron chi connectivity index (χ1n) is 11.4. The van der Waals surface area contributed by atoms with Crippen molar-refractivity contribution in [2.75, 3.05) is 32.1 Å². The average molecular weight is 460 g/mol. The normalized spacial score (nSPS) is 12.7. The molecule has 0 saturated carbocycles. The Morgan fingerprint density at radius 1 is 0.971 bits per heavy atom. The van der Waals surface area contributed by atoms with Gasteiger partial charge in [-0.15, -0.1) is 0 Å².